The maximum atomic E-state index is 14.3. The molecule has 0 amide bonds. The van der Waals surface area contributed by atoms with Gasteiger partial charge in [0.05, 0.1) is 18.1 Å². The van der Waals surface area contributed by atoms with Crippen molar-refractivity contribution in [3.63, 3.8) is 0 Å². The average molecular weight is 675 g/mol. The number of aliphatic hydroxyl groups excluding tert-OH is 2. The number of hydrogen-bond acceptors (Lipinski definition) is 11. The highest BCUT2D eigenvalue weighted by atomic mass is 16.6. The molecule has 11 nitrogen and oxygen atoms in total. The fourth-order valence-electron chi connectivity index (χ4n) is 7.55. The van der Waals surface area contributed by atoms with Crippen molar-refractivity contribution in [1.82, 2.24) is 0 Å². The maximum absolute atomic E-state index is 14.3. The summed E-state index contributed by atoms with van der Waals surface area (Å²) in [5.74, 6) is -5.19. The van der Waals surface area contributed by atoms with E-state index in [0.29, 0.717) is 5.57 Å². The van der Waals surface area contributed by atoms with Gasteiger partial charge in [0.2, 0.25) is 5.78 Å². The molecule has 3 aliphatic rings. The van der Waals surface area contributed by atoms with Crippen molar-refractivity contribution in [2.24, 2.45) is 11.3 Å². The van der Waals surface area contributed by atoms with Gasteiger partial charge in [0.25, 0.3) is 0 Å². The highest BCUT2D eigenvalue weighted by molar-refractivity contribution is 6.09. The van der Waals surface area contributed by atoms with Gasteiger partial charge in [-0.15, -0.1) is 0 Å². The van der Waals surface area contributed by atoms with Crippen LogP contribution >= 0.6 is 0 Å². The number of rotatable bonds is 9. The van der Waals surface area contributed by atoms with Crippen LogP contribution in [-0.2, 0) is 33.3 Å². The number of fused-ring (bicyclic) bond motifs is 2. The minimum atomic E-state index is -2.17. The van der Waals surface area contributed by atoms with Crippen LogP contribution in [0.25, 0.3) is 6.08 Å². The lowest BCUT2D eigenvalue weighted by atomic mass is 9.53. The molecule has 0 unspecified atom stereocenters. The third-order valence-electron chi connectivity index (χ3n) is 10.2. The van der Waals surface area contributed by atoms with Crippen molar-refractivity contribution >= 4 is 29.8 Å². The van der Waals surface area contributed by atoms with Gasteiger partial charge in [-0.25, -0.2) is 9.59 Å². The minimum absolute atomic E-state index is 0.00874. The van der Waals surface area contributed by atoms with Gasteiger partial charge < -0.3 is 34.3 Å². The molecule has 2 bridgehead atoms. The Morgan fingerprint density at radius 3 is 2.18 bits per heavy atom. The van der Waals surface area contributed by atoms with Gasteiger partial charge in [0.15, 0.2) is 11.4 Å². The van der Waals surface area contributed by atoms with Crippen molar-refractivity contribution < 1.29 is 53.4 Å². The van der Waals surface area contributed by atoms with E-state index in [0.717, 1.165) is 5.56 Å². The summed E-state index contributed by atoms with van der Waals surface area (Å²) in [7, 11) is 0. The van der Waals surface area contributed by atoms with Crippen LogP contribution in [0, 0.1) is 11.3 Å². The van der Waals surface area contributed by atoms with Crippen molar-refractivity contribution in [2.75, 3.05) is 13.2 Å². The number of aliphatic hydroxyl groups is 3. The topological polar surface area (TPSA) is 166 Å². The number of hydrogen-bond donors (Lipinski definition) is 3. The fraction of sp³-hybridized carbons (Fsp3) is 0.421. The second-order valence-corrected chi connectivity index (χ2v) is 13.4. The second-order valence-electron chi connectivity index (χ2n) is 13.4. The molecule has 1 aliphatic heterocycles. The van der Waals surface area contributed by atoms with Crippen molar-refractivity contribution in [3.8, 4) is 0 Å². The lowest BCUT2D eigenvalue weighted by Gasteiger charge is -2.60. The van der Waals surface area contributed by atoms with Crippen LogP contribution in [0.3, 0.4) is 0 Å². The molecular formula is C38H42O11. The van der Waals surface area contributed by atoms with E-state index >= 15 is 0 Å². The van der Waals surface area contributed by atoms with Crippen LogP contribution in [0.15, 0.2) is 89.2 Å². The molecule has 6 atom stereocenters. The highest BCUT2D eigenvalue weighted by Gasteiger charge is 2.69. The number of carbonyl (C=O) groups is 4. The number of carbonyl (C=O) groups excluding carboxylic acids is 4. The predicted octanol–water partition coefficient (Wildman–Crippen LogP) is 4.43. The molecule has 1 fully saturated rings. The van der Waals surface area contributed by atoms with E-state index in [1.165, 1.54) is 32.1 Å². The molecule has 0 aromatic heterocycles. The van der Waals surface area contributed by atoms with E-state index in [1.807, 2.05) is 18.2 Å². The number of ether oxygens (including phenoxy) is 4. The van der Waals surface area contributed by atoms with Crippen LogP contribution in [-0.4, -0.2) is 81.7 Å². The lowest BCUT2D eigenvalue weighted by molar-refractivity contribution is -0.295. The molecule has 0 saturated carbocycles. The normalized spacial score (nSPS) is 31.0. The van der Waals surface area contributed by atoms with E-state index in [-0.39, 0.29) is 42.8 Å². The Labute approximate surface area is 284 Å². The number of esters is 3. The number of Topliss-reactive ketones (excluding diaryl/α,β-unsaturated/α-hetero) is 1. The van der Waals surface area contributed by atoms with Crippen LogP contribution < -0.4 is 0 Å². The third-order valence-corrected chi connectivity index (χ3v) is 10.2. The van der Waals surface area contributed by atoms with Crippen LogP contribution in [0.5, 0.6) is 0 Å². The van der Waals surface area contributed by atoms with E-state index < -0.39 is 70.3 Å². The molecule has 2 aromatic rings. The van der Waals surface area contributed by atoms with E-state index in [4.69, 9.17) is 18.9 Å². The first-order chi connectivity index (χ1) is 23.2. The van der Waals surface area contributed by atoms with Crippen LogP contribution in [0.4, 0.5) is 0 Å². The molecule has 1 saturated heterocycles. The van der Waals surface area contributed by atoms with Gasteiger partial charge in [-0.1, -0.05) is 62.4 Å². The second kappa shape index (κ2) is 13.7. The molecule has 49 heavy (non-hydrogen) atoms. The monoisotopic (exact) mass is 674 g/mol. The Kier molecular flexibility index (Phi) is 10.0. The average Bonchev–Trinajstić information content (AvgIpc) is 3.07. The summed E-state index contributed by atoms with van der Waals surface area (Å²) in [6, 6.07) is 17.1. The molecule has 260 valence electrons. The zero-order chi connectivity index (χ0) is 35.7. The molecule has 1 heterocycles. The SMILES string of the molecule is CC(=O)O[C@@]1([C@@H]2/C(C)=C(/O)C(=O)C3=C(C)[C@@H](OC(=O)/C=C/c4ccccc4)C[C@@](O)([C@H]2OC(=O)c2ccccc2)C3(C)C)CO[C@@H]1CCO. The Balaban J connectivity index is 1.71. The molecular weight excluding hydrogens is 632 g/mol. The van der Waals surface area contributed by atoms with E-state index in [9.17, 15) is 34.5 Å². The van der Waals surface area contributed by atoms with E-state index in [1.54, 1.807) is 57.2 Å². The van der Waals surface area contributed by atoms with Gasteiger partial charge in [-0.2, -0.15) is 0 Å². The largest absolute Gasteiger partial charge is 0.504 e. The molecule has 11 heteroatoms. The van der Waals surface area contributed by atoms with Gasteiger partial charge in [0.1, 0.15) is 23.9 Å². The first kappa shape index (κ1) is 35.7. The van der Waals surface area contributed by atoms with Crippen LogP contribution in [0.2, 0.25) is 0 Å². The van der Waals surface area contributed by atoms with Crippen molar-refractivity contribution in [1.29, 1.82) is 0 Å². The summed E-state index contributed by atoms with van der Waals surface area (Å²) in [5, 5.41) is 34.7. The summed E-state index contributed by atoms with van der Waals surface area (Å²) in [6.45, 7) is 6.78. The van der Waals surface area contributed by atoms with Gasteiger partial charge in [-0.3, -0.25) is 9.59 Å². The van der Waals surface area contributed by atoms with Gasteiger partial charge >= 0.3 is 17.9 Å². The maximum Gasteiger partial charge on any atom is 0.338 e. The minimum Gasteiger partial charge on any atom is -0.504 e. The standard InChI is InChI=1S/C38H42O11/c1-22-27(47-29(41)17-16-25-12-8-6-9-13-25)20-38(45)34(48-35(44)26-14-10-7-11-15-26)31(23(2)32(42)33(43)30(22)36(38,4)5)37(49-24(3)40)21-46-28(37)18-19-39/h6-17,27-28,31,34,39,42,45H,18-21H2,1-5H3/b17-16+,32-23+/t27-,28+,31+,34-,37-,38+/m0/s1. The lowest BCUT2D eigenvalue weighted by Crippen LogP contribution is -2.73. The highest BCUT2D eigenvalue weighted by Crippen LogP contribution is 2.58. The Bertz CT molecular complexity index is 1710. The number of allylic oxidation sites excluding steroid dienone is 1. The first-order valence-electron chi connectivity index (χ1n) is 16.2. The summed E-state index contributed by atoms with van der Waals surface area (Å²) < 4.78 is 23.8. The molecule has 2 aromatic carbocycles. The van der Waals surface area contributed by atoms with Crippen molar-refractivity contribution in [3.05, 3.63) is 100 Å². The summed E-state index contributed by atoms with van der Waals surface area (Å²) in [6.07, 6.45) is -1.30. The Morgan fingerprint density at radius 2 is 1.61 bits per heavy atom. The first-order valence-corrected chi connectivity index (χ1v) is 16.2. The zero-order valence-electron chi connectivity index (χ0n) is 28.2. The molecule has 0 radical (unpaired) electrons. The molecule has 2 aliphatic carbocycles. The Morgan fingerprint density at radius 1 is 0.980 bits per heavy atom. The molecule has 3 N–H and O–H groups in total. The summed E-state index contributed by atoms with van der Waals surface area (Å²) in [4.78, 5) is 54.0. The molecule has 0 spiro atoms. The zero-order valence-corrected chi connectivity index (χ0v) is 28.2. The smallest absolute Gasteiger partial charge is 0.338 e. The fourth-order valence-corrected chi connectivity index (χ4v) is 7.55. The van der Waals surface area contributed by atoms with Gasteiger partial charge in [-0.05, 0) is 48.8 Å². The van der Waals surface area contributed by atoms with Crippen molar-refractivity contribution in [2.45, 2.75) is 77.0 Å². The van der Waals surface area contributed by atoms with Crippen LogP contribution in [0.1, 0.15) is 63.4 Å². The predicted molar refractivity (Wildman–Crippen MR) is 177 cm³/mol. The quantitative estimate of drug-likeness (QED) is 0.196. The summed E-state index contributed by atoms with van der Waals surface area (Å²) in [5.41, 5.74) is -4.19. The number of ketones is 1. The summed E-state index contributed by atoms with van der Waals surface area (Å²) >= 11 is 0. The number of benzene rings is 2. The molecule has 5 rings (SSSR count). The van der Waals surface area contributed by atoms with Gasteiger partial charge in [0, 0.05) is 43.4 Å². The Hall–Kier alpha value is -4.58. The van der Waals surface area contributed by atoms with E-state index in [2.05, 4.69) is 0 Å². The third kappa shape index (κ3) is 6.34.